The van der Waals surface area contributed by atoms with Gasteiger partial charge < -0.3 is 10.1 Å². The highest BCUT2D eigenvalue weighted by atomic mass is 16.5. The van der Waals surface area contributed by atoms with Crippen LogP contribution < -0.4 is 16.2 Å². The molecule has 3 rings (SSSR count). The van der Waals surface area contributed by atoms with Gasteiger partial charge in [-0.05, 0) is 12.5 Å². The highest BCUT2D eigenvalue weighted by molar-refractivity contribution is 5.87. The van der Waals surface area contributed by atoms with Gasteiger partial charge in [0.05, 0.1) is 17.9 Å². The van der Waals surface area contributed by atoms with Crippen molar-refractivity contribution in [3.8, 4) is 11.1 Å². The van der Waals surface area contributed by atoms with Crippen molar-refractivity contribution in [3.63, 3.8) is 0 Å². The molecule has 1 unspecified atom stereocenters. The lowest BCUT2D eigenvalue weighted by Gasteiger charge is -2.16. The molecule has 0 saturated carbocycles. The van der Waals surface area contributed by atoms with Gasteiger partial charge in [0, 0.05) is 6.42 Å². The third kappa shape index (κ3) is 1.91. The van der Waals surface area contributed by atoms with Gasteiger partial charge in [0.1, 0.15) is 6.04 Å². The Labute approximate surface area is 114 Å². The summed E-state index contributed by atoms with van der Waals surface area (Å²) in [4.78, 5) is 34.9. The quantitative estimate of drug-likeness (QED) is 0.665. The van der Waals surface area contributed by atoms with Crippen molar-refractivity contribution in [1.29, 1.82) is 0 Å². The third-order valence-electron chi connectivity index (χ3n) is 3.50. The van der Waals surface area contributed by atoms with E-state index in [0.29, 0.717) is 24.2 Å². The first-order valence-electron chi connectivity index (χ1n) is 6.41. The summed E-state index contributed by atoms with van der Waals surface area (Å²) < 4.78 is 4.83. The monoisotopic (exact) mass is 271 g/mol. The molecule has 0 aromatic heterocycles. The van der Waals surface area contributed by atoms with Crippen LogP contribution in [0, 0.1) is 6.92 Å². The summed E-state index contributed by atoms with van der Waals surface area (Å²) >= 11 is 0. The molecule has 5 heteroatoms. The zero-order valence-electron chi connectivity index (χ0n) is 10.9. The number of esters is 1. The van der Waals surface area contributed by atoms with Gasteiger partial charge in [-0.25, -0.2) is 4.79 Å². The molecule has 1 fully saturated rings. The number of anilines is 1. The number of aryl methyl sites for hydroxylation is 1. The number of ether oxygens (including phenoxy) is 1. The predicted molar refractivity (Wildman–Crippen MR) is 74.5 cm³/mol. The minimum absolute atomic E-state index is 0.225. The summed E-state index contributed by atoms with van der Waals surface area (Å²) in [5.74, 6) is -0.382. The van der Waals surface area contributed by atoms with Gasteiger partial charge in [-0.2, -0.15) is 0 Å². The van der Waals surface area contributed by atoms with Crippen LogP contribution in [-0.2, 0) is 9.53 Å². The van der Waals surface area contributed by atoms with E-state index in [1.165, 1.54) is 0 Å². The van der Waals surface area contributed by atoms with Crippen LogP contribution in [0.15, 0.2) is 33.9 Å². The second kappa shape index (κ2) is 4.59. The Kier molecular flexibility index (Phi) is 2.89. The van der Waals surface area contributed by atoms with Crippen LogP contribution in [0.1, 0.15) is 12.0 Å². The number of nitrogens with one attached hydrogen (secondary N) is 1. The molecule has 2 aromatic carbocycles. The fraction of sp³-hybridized carbons (Fsp3) is 0.267. The van der Waals surface area contributed by atoms with E-state index in [0.717, 1.165) is 5.56 Å². The maximum Gasteiger partial charge on any atom is 0.328 e. The molecule has 1 aliphatic rings. The topological polar surface area (TPSA) is 72.5 Å². The summed E-state index contributed by atoms with van der Waals surface area (Å²) in [5, 5.41) is 2.84. The van der Waals surface area contributed by atoms with Gasteiger partial charge in [0.2, 0.25) is 10.9 Å². The lowest BCUT2D eigenvalue weighted by Crippen LogP contribution is -2.39. The minimum atomic E-state index is -0.569. The number of carbonyl (C=O) groups is 1. The number of hydrogen-bond donors (Lipinski definition) is 1. The van der Waals surface area contributed by atoms with E-state index in [2.05, 4.69) is 5.32 Å². The zero-order chi connectivity index (χ0) is 14.3. The van der Waals surface area contributed by atoms with E-state index in [1.807, 2.05) is 19.1 Å². The van der Waals surface area contributed by atoms with E-state index in [9.17, 15) is 14.4 Å². The Balaban J connectivity index is 1.95. The lowest BCUT2D eigenvalue weighted by molar-refractivity contribution is -0.138. The van der Waals surface area contributed by atoms with Gasteiger partial charge in [0.15, 0.2) is 0 Å². The highest BCUT2D eigenvalue weighted by Crippen LogP contribution is 2.25. The number of hydrogen-bond acceptors (Lipinski definition) is 5. The molecule has 20 heavy (non-hydrogen) atoms. The lowest BCUT2D eigenvalue weighted by atomic mass is 9.97. The molecule has 1 aliphatic heterocycles. The molecule has 0 aliphatic carbocycles. The number of rotatable bonds is 3. The molecule has 102 valence electrons. The normalized spacial score (nSPS) is 18.2. The van der Waals surface area contributed by atoms with Gasteiger partial charge in [0.25, 0.3) is 0 Å². The predicted octanol–water partition coefficient (Wildman–Crippen LogP) is 0.985. The fourth-order valence-electron chi connectivity index (χ4n) is 2.33. The SMILES string of the molecule is Cc1ccc(-c2c(NC3CCOC3=O)c(=O)c2=O)cc1. The molecule has 1 N–H and O–H groups in total. The van der Waals surface area contributed by atoms with E-state index in [1.54, 1.807) is 12.1 Å². The summed E-state index contributed by atoms with van der Waals surface area (Å²) in [6, 6.07) is 6.80. The highest BCUT2D eigenvalue weighted by Gasteiger charge is 2.31. The number of benzene rings is 1. The van der Waals surface area contributed by atoms with E-state index in [-0.39, 0.29) is 11.7 Å². The number of cyclic esters (lactones) is 1. The largest absolute Gasteiger partial charge is 0.464 e. The van der Waals surface area contributed by atoms with E-state index in [4.69, 9.17) is 4.74 Å². The molecule has 0 bridgehead atoms. The Morgan fingerprint density at radius 2 is 1.80 bits per heavy atom. The summed E-state index contributed by atoms with van der Waals surface area (Å²) in [6.45, 7) is 2.28. The summed E-state index contributed by atoms with van der Waals surface area (Å²) in [5.41, 5.74) is 1.26. The van der Waals surface area contributed by atoms with Crippen LogP contribution in [0.25, 0.3) is 11.1 Å². The smallest absolute Gasteiger partial charge is 0.328 e. The second-order valence-electron chi connectivity index (χ2n) is 4.93. The molecular weight excluding hydrogens is 258 g/mol. The van der Waals surface area contributed by atoms with Crippen molar-refractivity contribution in [2.24, 2.45) is 0 Å². The maximum atomic E-state index is 11.7. The Morgan fingerprint density at radius 1 is 1.10 bits per heavy atom. The van der Waals surface area contributed by atoms with Crippen LogP contribution >= 0.6 is 0 Å². The van der Waals surface area contributed by atoms with Gasteiger partial charge in [-0.3, -0.25) is 9.59 Å². The van der Waals surface area contributed by atoms with Gasteiger partial charge >= 0.3 is 5.97 Å². The van der Waals surface area contributed by atoms with Crippen molar-refractivity contribution in [2.45, 2.75) is 19.4 Å². The van der Waals surface area contributed by atoms with Crippen LogP contribution in [0.3, 0.4) is 0 Å². The maximum absolute atomic E-state index is 11.7. The molecule has 0 amide bonds. The van der Waals surface area contributed by atoms with Crippen molar-refractivity contribution in [1.82, 2.24) is 0 Å². The summed E-state index contributed by atoms with van der Waals surface area (Å²) in [7, 11) is 0. The average molecular weight is 271 g/mol. The van der Waals surface area contributed by atoms with Crippen LogP contribution in [-0.4, -0.2) is 18.6 Å². The Bertz CT molecular complexity index is 738. The van der Waals surface area contributed by atoms with Gasteiger partial charge in [-0.15, -0.1) is 0 Å². The molecular formula is C15H13NO4. The molecule has 1 atom stereocenters. The first-order chi connectivity index (χ1) is 9.58. The Morgan fingerprint density at radius 3 is 2.40 bits per heavy atom. The van der Waals surface area contributed by atoms with Crippen molar-refractivity contribution < 1.29 is 9.53 Å². The van der Waals surface area contributed by atoms with E-state index >= 15 is 0 Å². The van der Waals surface area contributed by atoms with Crippen molar-refractivity contribution in [2.75, 3.05) is 11.9 Å². The average Bonchev–Trinajstić information content (AvgIpc) is 2.85. The molecule has 0 radical (unpaired) electrons. The second-order valence-corrected chi connectivity index (χ2v) is 4.93. The number of carbonyl (C=O) groups excluding carboxylic acids is 1. The van der Waals surface area contributed by atoms with Crippen LogP contribution in [0.5, 0.6) is 0 Å². The van der Waals surface area contributed by atoms with Gasteiger partial charge in [-0.1, -0.05) is 29.8 Å². The molecule has 2 aromatic rings. The third-order valence-corrected chi connectivity index (χ3v) is 3.50. The van der Waals surface area contributed by atoms with E-state index < -0.39 is 16.9 Å². The first-order valence-corrected chi connectivity index (χ1v) is 6.41. The molecule has 5 nitrogen and oxygen atoms in total. The van der Waals surface area contributed by atoms with Crippen molar-refractivity contribution >= 4 is 11.7 Å². The Hall–Kier alpha value is -2.43. The minimum Gasteiger partial charge on any atom is -0.464 e. The van der Waals surface area contributed by atoms with Crippen LogP contribution in [0.2, 0.25) is 0 Å². The molecule has 1 saturated heterocycles. The first kappa shape index (κ1) is 12.6. The fourth-order valence-corrected chi connectivity index (χ4v) is 2.33. The van der Waals surface area contributed by atoms with Crippen molar-refractivity contribution in [3.05, 3.63) is 50.3 Å². The molecule has 1 heterocycles. The standard InChI is InChI=1S/C15H13NO4/c1-8-2-4-9(5-3-8)11-12(14(18)13(11)17)16-10-6-7-20-15(10)19/h2-5,10,16H,6-7H2,1H3. The molecule has 0 spiro atoms. The zero-order valence-corrected chi connectivity index (χ0v) is 10.9. The summed E-state index contributed by atoms with van der Waals surface area (Å²) in [6.07, 6.45) is 0.505. The van der Waals surface area contributed by atoms with Crippen LogP contribution in [0.4, 0.5) is 5.69 Å².